The van der Waals surface area contributed by atoms with Crippen molar-refractivity contribution in [3.05, 3.63) is 45.2 Å². The van der Waals surface area contributed by atoms with Crippen LogP contribution in [0.15, 0.2) is 23.0 Å². The molecule has 1 saturated heterocycles. The topological polar surface area (TPSA) is 120 Å². The van der Waals surface area contributed by atoms with Gasteiger partial charge in [-0.1, -0.05) is 6.07 Å². The summed E-state index contributed by atoms with van der Waals surface area (Å²) >= 11 is 0. The molecule has 2 heterocycles. The molecule has 5 N–H and O–H groups in total. The third kappa shape index (κ3) is 2.39. The van der Waals surface area contributed by atoms with E-state index in [-0.39, 0.29) is 0 Å². The number of hydrogen-bond acceptors (Lipinski definition) is 5. The van der Waals surface area contributed by atoms with Gasteiger partial charge in [0, 0.05) is 35.9 Å². The van der Waals surface area contributed by atoms with Crippen LogP contribution >= 0.6 is 0 Å². The number of carboxylic acids is 1. The molecular formula is C19H21N3O4. The highest BCUT2D eigenvalue weighted by Gasteiger charge is 2.53. The number of nitrogens with one attached hydrogen (secondary N) is 1. The van der Waals surface area contributed by atoms with Gasteiger partial charge in [0.25, 0.3) is 5.56 Å². The summed E-state index contributed by atoms with van der Waals surface area (Å²) in [6.45, 7) is 5.46. The lowest BCUT2D eigenvalue weighted by Crippen LogP contribution is -2.27. The number of benzene rings is 1. The number of carboxylic acid groups (broad SMARTS) is 1. The van der Waals surface area contributed by atoms with Gasteiger partial charge < -0.3 is 25.8 Å². The number of aryl methyl sites for hydroxylation is 1. The van der Waals surface area contributed by atoms with Crippen LogP contribution < -0.4 is 16.2 Å². The number of pyridine rings is 1. The van der Waals surface area contributed by atoms with Gasteiger partial charge in [0.15, 0.2) is 5.56 Å². The number of aromatic nitrogens is 1. The van der Waals surface area contributed by atoms with E-state index in [2.05, 4.69) is 9.88 Å². The van der Waals surface area contributed by atoms with E-state index >= 15 is 0 Å². The largest absolute Gasteiger partial charge is 0.506 e. The van der Waals surface area contributed by atoms with Crippen LogP contribution in [0.3, 0.4) is 0 Å². The summed E-state index contributed by atoms with van der Waals surface area (Å²) in [4.78, 5) is 28.2. The van der Waals surface area contributed by atoms with E-state index in [0.29, 0.717) is 29.1 Å². The molecule has 2 fully saturated rings. The van der Waals surface area contributed by atoms with Gasteiger partial charge in [-0.3, -0.25) is 4.79 Å². The summed E-state index contributed by atoms with van der Waals surface area (Å²) in [5.74, 6) is -0.757. The quantitative estimate of drug-likeness (QED) is 0.662. The van der Waals surface area contributed by atoms with E-state index in [1.165, 1.54) is 0 Å². The molecule has 0 unspecified atom stereocenters. The maximum absolute atomic E-state index is 12.1. The molecule has 1 aliphatic carbocycles. The third-order valence-electron chi connectivity index (χ3n) is 5.75. The minimum absolute atomic E-state index is 0.339. The first kappa shape index (κ1) is 16.7. The second-order valence-corrected chi connectivity index (χ2v) is 7.29. The number of anilines is 1. The van der Waals surface area contributed by atoms with Gasteiger partial charge in [0.1, 0.15) is 5.75 Å². The number of aromatic hydroxyl groups is 1. The van der Waals surface area contributed by atoms with Gasteiger partial charge in [-0.05, 0) is 43.4 Å². The molecule has 2 aromatic rings. The number of H-pyrrole nitrogens is 1. The van der Waals surface area contributed by atoms with Gasteiger partial charge in [0.05, 0.1) is 5.69 Å². The number of rotatable bonds is 3. The standard InChI is InChI=1S/C19H21N3O4/c1-8-5-10(22-6-12-13(7-22)15(12)20)3-4-11(8)16-9(2)17(23)14(19(25)26)18(24)21-16/h3-5,12-13,15H,6-7,20H2,1-2H3,(H,25,26)(H2,21,23,24)/t12-,13+,15-. The first-order valence-electron chi connectivity index (χ1n) is 8.60. The Morgan fingerprint density at radius 1 is 1.27 bits per heavy atom. The lowest BCUT2D eigenvalue weighted by molar-refractivity contribution is 0.0691. The zero-order valence-corrected chi connectivity index (χ0v) is 14.6. The van der Waals surface area contributed by atoms with E-state index in [4.69, 9.17) is 10.8 Å². The molecule has 26 heavy (non-hydrogen) atoms. The Kier molecular flexibility index (Phi) is 3.59. The number of nitrogens with zero attached hydrogens (tertiary/aromatic N) is 1. The van der Waals surface area contributed by atoms with Crippen LogP contribution in [0.25, 0.3) is 11.3 Å². The molecule has 0 spiro atoms. The number of fused-ring (bicyclic) bond motifs is 1. The van der Waals surface area contributed by atoms with Crippen LogP contribution in [-0.2, 0) is 0 Å². The predicted octanol–water partition coefficient (Wildman–Crippen LogP) is 1.46. The Labute approximate surface area is 150 Å². The van der Waals surface area contributed by atoms with Crippen molar-refractivity contribution in [2.24, 2.45) is 17.6 Å². The molecule has 1 aromatic heterocycles. The summed E-state index contributed by atoms with van der Waals surface area (Å²) in [5.41, 5.74) is 8.14. The third-order valence-corrected chi connectivity index (χ3v) is 5.75. The Morgan fingerprint density at radius 2 is 1.92 bits per heavy atom. The monoisotopic (exact) mass is 355 g/mol. The second-order valence-electron chi connectivity index (χ2n) is 7.29. The molecule has 4 rings (SSSR count). The van der Waals surface area contributed by atoms with Gasteiger partial charge in [0.2, 0.25) is 0 Å². The van der Waals surface area contributed by atoms with Crippen molar-refractivity contribution in [3.63, 3.8) is 0 Å². The van der Waals surface area contributed by atoms with Crippen LogP contribution in [0.5, 0.6) is 5.75 Å². The van der Waals surface area contributed by atoms with Crippen molar-refractivity contribution in [2.75, 3.05) is 18.0 Å². The van der Waals surface area contributed by atoms with Gasteiger partial charge in [-0.2, -0.15) is 0 Å². The fourth-order valence-corrected chi connectivity index (χ4v) is 4.06. The minimum atomic E-state index is -1.45. The zero-order chi connectivity index (χ0) is 18.7. The highest BCUT2D eigenvalue weighted by Crippen LogP contribution is 2.45. The van der Waals surface area contributed by atoms with Crippen molar-refractivity contribution in [1.82, 2.24) is 4.98 Å². The van der Waals surface area contributed by atoms with E-state index in [0.717, 1.165) is 29.9 Å². The van der Waals surface area contributed by atoms with Crippen molar-refractivity contribution >= 4 is 11.7 Å². The van der Waals surface area contributed by atoms with E-state index < -0.39 is 22.8 Å². The number of carbonyl (C=O) groups is 1. The van der Waals surface area contributed by atoms with Gasteiger partial charge >= 0.3 is 5.97 Å². The van der Waals surface area contributed by atoms with Crippen molar-refractivity contribution in [3.8, 4) is 17.0 Å². The lowest BCUT2D eigenvalue weighted by Gasteiger charge is -2.23. The summed E-state index contributed by atoms with van der Waals surface area (Å²) in [5, 5.41) is 19.2. The Balaban J connectivity index is 1.71. The van der Waals surface area contributed by atoms with Crippen molar-refractivity contribution in [1.29, 1.82) is 0 Å². The molecule has 0 radical (unpaired) electrons. The van der Waals surface area contributed by atoms with Crippen molar-refractivity contribution in [2.45, 2.75) is 19.9 Å². The number of hydrogen-bond donors (Lipinski definition) is 4. The first-order chi connectivity index (χ1) is 12.3. The normalized spacial score (nSPS) is 23.8. The average Bonchev–Trinajstić information content (AvgIpc) is 2.99. The molecule has 1 aliphatic heterocycles. The highest BCUT2D eigenvalue weighted by atomic mass is 16.4. The number of aromatic amines is 1. The molecule has 136 valence electrons. The number of piperidine rings is 1. The Bertz CT molecular complexity index is 969. The molecule has 7 nitrogen and oxygen atoms in total. The summed E-state index contributed by atoms with van der Waals surface area (Å²) in [6, 6.07) is 6.27. The maximum atomic E-state index is 12.1. The summed E-state index contributed by atoms with van der Waals surface area (Å²) in [6.07, 6.45) is 0. The van der Waals surface area contributed by atoms with Gasteiger partial charge in [-0.15, -0.1) is 0 Å². The van der Waals surface area contributed by atoms with E-state index in [1.807, 2.05) is 25.1 Å². The van der Waals surface area contributed by atoms with Crippen LogP contribution in [-0.4, -0.2) is 40.3 Å². The zero-order valence-electron chi connectivity index (χ0n) is 14.6. The van der Waals surface area contributed by atoms with Gasteiger partial charge in [-0.25, -0.2) is 4.79 Å². The van der Waals surface area contributed by atoms with E-state index in [1.54, 1.807) is 6.92 Å². The number of aromatic carboxylic acids is 1. The molecule has 1 aromatic carbocycles. The lowest BCUT2D eigenvalue weighted by atomic mass is 9.99. The maximum Gasteiger partial charge on any atom is 0.345 e. The second kappa shape index (κ2) is 5.60. The molecule has 0 amide bonds. The Morgan fingerprint density at radius 3 is 2.50 bits per heavy atom. The van der Waals surface area contributed by atoms with Crippen LogP contribution in [0, 0.1) is 25.7 Å². The first-order valence-corrected chi connectivity index (χ1v) is 8.60. The van der Waals surface area contributed by atoms with E-state index in [9.17, 15) is 14.7 Å². The molecule has 3 atom stereocenters. The molecular weight excluding hydrogens is 334 g/mol. The fraction of sp³-hybridized carbons (Fsp3) is 0.368. The smallest absolute Gasteiger partial charge is 0.345 e. The molecule has 7 heteroatoms. The number of nitrogens with two attached hydrogens (primary N) is 1. The van der Waals surface area contributed by atoms with Crippen LogP contribution in [0.1, 0.15) is 21.5 Å². The van der Waals surface area contributed by atoms with Crippen LogP contribution in [0.4, 0.5) is 5.69 Å². The van der Waals surface area contributed by atoms with Crippen LogP contribution in [0.2, 0.25) is 0 Å². The van der Waals surface area contributed by atoms with Crippen molar-refractivity contribution < 1.29 is 15.0 Å². The molecule has 1 saturated carbocycles. The molecule has 2 aliphatic rings. The molecule has 0 bridgehead atoms. The highest BCUT2D eigenvalue weighted by molar-refractivity contribution is 5.92. The average molecular weight is 355 g/mol. The fourth-order valence-electron chi connectivity index (χ4n) is 4.06. The minimum Gasteiger partial charge on any atom is -0.506 e. The predicted molar refractivity (Wildman–Crippen MR) is 97.8 cm³/mol. The summed E-state index contributed by atoms with van der Waals surface area (Å²) < 4.78 is 0. The summed E-state index contributed by atoms with van der Waals surface area (Å²) in [7, 11) is 0. The SMILES string of the molecule is Cc1cc(N2C[C@@H]3[C@H](N)[C@@H]3C2)ccc1-c1[nH]c(=O)c(C(=O)O)c(O)c1C. The Hall–Kier alpha value is -2.80.